The smallest absolute Gasteiger partial charge is 0.213 e. The van der Waals surface area contributed by atoms with E-state index in [0.29, 0.717) is 11.7 Å². The summed E-state index contributed by atoms with van der Waals surface area (Å²) in [6.45, 7) is 0. The Labute approximate surface area is 109 Å². The zero-order valence-corrected chi connectivity index (χ0v) is 10.6. The molecule has 3 aromatic heterocycles. The van der Waals surface area contributed by atoms with E-state index in [0.717, 1.165) is 11.4 Å². The van der Waals surface area contributed by atoms with Crippen molar-refractivity contribution in [3.05, 3.63) is 36.9 Å². The van der Waals surface area contributed by atoms with E-state index in [1.807, 2.05) is 25.4 Å². The molecule has 96 valence electrons. The Morgan fingerprint density at radius 1 is 1.16 bits per heavy atom. The second-order valence-corrected chi connectivity index (χ2v) is 3.93. The fraction of sp³-hybridized carbons (Fsp3) is 0.167. The number of nitrogens with zero attached hydrogens (tertiary/aromatic N) is 6. The highest BCUT2D eigenvalue weighted by atomic mass is 16.5. The molecule has 0 saturated heterocycles. The number of rotatable bonds is 3. The first-order chi connectivity index (χ1) is 9.28. The molecule has 3 heterocycles. The highest BCUT2D eigenvalue weighted by molar-refractivity contribution is 5.51. The molecule has 0 bridgehead atoms. The molecular formula is C12H12N6O. The van der Waals surface area contributed by atoms with Gasteiger partial charge in [-0.3, -0.25) is 4.68 Å². The number of aromatic nitrogens is 6. The van der Waals surface area contributed by atoms with E-state index in [1.54, 1.807) is 28.7 Å². The van der Waals surface area contributed by atoms with E-state index < -0.39 is 0 Å². The van der Waals surface area contributed by atoms with Crippen LogP contribution in [0.15, 0.2) is 36.9 Å². The lowest BCUT2D eigenvalue weighted by Gasteiger charge is -2.04. The zero-order chi connectivity index (χ0) is 13.2. The molecule has 7 heteroatoms. The number of hydrogen-bond donors (Lipinski definition) is 0. The van der Waals surface area contributed by atoms with Gasteiger partial charge in [-0.1, -0.05) is 0 Å². The van der Waals surface area contributed by atoms with Gasteiger partial charge in [0.15, 0.2) is 5.82 Å². The summed E-state index contributed by atoms with van der Waals surface area (Å²) in [5, 5.41) is 8.52. The molecule has 0 atom stereocenters. The molecular weight excluding hydrogens is 244 g/mol. The van der Waals surface area contributed by atoms with Crippen LogP contribution >= 0.6 is 0 Å². The summed E-state index contributed by atoms with van der Waals surface area (Å²) in [5.74, 6) is 1.23. The van der Waals surface area contributed by atoms with Crippen LogP contribution in [-0.4, -0.2) is 36.6 Å². The van der Waals surface area contributed by atoms with Gasteiger partial charge < -0.3 is 4.74 Å². The Kier molecular flexibility index (Phi) is 2.71. The largest absolute Gasteiger partial charge is 0.481 e. The standard InChI is InChI=1S/C12H12N6O/c1-17-6-5-10(16-17)12-14-8-15-18(12)9-3-4-11(19-2)13-7-9/h3-8H,1-2H3. The molecule has 0 amide bonds. The van der Waals surface area contributed by atoms with Crippen molar-refractivity contribution in [3.63, 3.8) is 0 Å². The summed E-state index contributed by atoms with van der Waals surface area (Å²) in [4.78, 5) is 8.39. The van der Waals surface area contributed by atoms with Crippen LogP contribution in [0.4, 0.5) is 0 Å². The Morgan fingerprint density at radius 3 is 2.68 bits per heavy atom. The van der Waals surface area contributed by atoms with Crippen LogP contribution in [0.25, 0.3) is 17.2 Å². The van der Waals surface area contributed by atoms with Crippen LogP contribution in [-0.2, 0) is 7.05 Å². The monoisotopic (exact) mass is 256 g/mol. The first-order valence-corrected chi connectivity index (χ1v) is 5.68. The quantitative estimate of drug-likeness (QED) is 0.701. The van der Waals surface area contributed by atoms with Crippen LogP contribution in [0.1, 0.15) is 0 Å². The van der Waals surface area contributed by atoms with Gasteiger partial charge in [-0.25, -0.2) is 14.6 Å². The van der Waals surface area contributed by atoms with Crippen LogP contribution in [0.5, 0.6) is 5.88 Å². The third-order valence-corrected chi connectivity index (χ3v) is 2.66. The Morgan fingerprint density at radius 2 is 2.05 bits per heavy atom. The fourth-order valence-electron chi connectivity index (χ4n) is 1.76. The van der Waals surface area contributed by atoms with Crippen molar-refractivity contribution < 1.29 is 4.74 Å². The topological polar surface area (TPSA) is 70.7 Å². The molecule has 0 N–H and O–H groups in total. The number of hydrogen-bond acceptors (Lipinski definition) is 5. The van der Waals surface area contributed by atoms with E-state index in [1.165, 1.54) is 6.33 Å². The van der Waals surface area contributed by atoms with Crippen molar-refractivity contribution in [1.29, 1.82) is 0 Å². The van der Waals surface area contributed by atoms with Crippen molar-refractivity contribution in [2.45, 2.75) is 0 Å². The van der Waals surface area contributed by atoms with Crippen molar-refractivity contribution >= 4 is 0 Å². The summed E-state index contributed by atoms with van der Waals surface area (Å²) in [7, 11) is 3.44. The first kappa shape index (κ1) is 11.4. The predicted octanol–water partition coefficient (Wildman–Crippen LogP) is 1.07. The van der Waals surface area contributed by atoms with Gasteiger partial charge in [-0.05, 0) is 12.1 Å². The van der Waals surface area contributed by atoms with Gasteiger partial charge in [0.05, 0.1) is 19.0 Å². The van der Waals surface area contributed by atoms with E-state index in [2.05, 4.69) is 20.2 Å². The van der Waals surface area contributed by atoms with Crippen LogP contribution in [0.3, 0.4) is 0 Å². The molecule has 0 aliphatic carbocycles. The van der Waals surface area contributed by atoms with Gasteiger partial charge in [0.1, 0.15) is 12.0 Å². The predicted molar refractivity (Wildman–Crippen MR) is 67.9 cm³/mol. The average molecular weight is 256 g/mol. The van der Waals surface area contributed by atoms with Gasteiger partial charge in [0.2, 0.25) is 5.88 Å². The van der Waals surface area contributed by atoms with Crippen molar-refractivity contribution in [2.24, 2.45) is 7.05 Å². The van der Waals surface area contributed by atoms with E-state index in [4.69, 9.17) is 4.74 Å². The van der Waals surface area contributed by atoms with E-state index >= 15 is 0 Å². The number of aryl methyl sites for hydroxylation is 1. The summed E-state index contributed by atoms with van der Waals surface area (Å²) >= 11 is 0. The van der Waals surface area contributed by atoms with Crippen molar-refractivity contribution in [3.8, 4) is 23.1 Å². The van der Waals surface area contributed by atoms with Gasteiger partial charge in [-0.2, -0.15) is 10.2 Å². The Bertz CT molecular complexity index is 684. The first-order valence-electron chi connectivity index (χ1n) is 5.68. The minimum Gasteiger partial charge on any atom is -0.481 e. The molecule has 3 rings (SSSR count). The summed E-state index contributed by atoms with van der Waals surface area (Å²) in [6, 6.07) is 5.53. The zero-order valence-electron chi connectivity index (χ0n) is 10.6. The van der Waals surface area contributed by atoms with E-state index in [9.17, 15) is 0 Å². The lowest BCUT2D eigenvalue weighted by Crippen LogP contribution is -2.01. The molecule has 0 aliphatic rings. The minimum atomic E-state index is 0.559. The number of pyridine rings is 1. The van der Waals surface area contributed by atoms with Crippen LogP contribution in [0, 0.1) is 0 Å². The molecule has 0 fully saturated rings. The SMILES string of the molecule is COc1ccc(-n2ncnc2-c2ccn(C)n2)cn1. The molecule has 0 aromatic carbocycles. The average Bonchev–Trinajstić information content (AvgIpc) is 3.07. The molecule has 0 spiro atoms. The Hall–Kier alpha value is -2.70. The van der Waals surface area contributed by atoms with Crippen LogP contribution in [0.2, 0.25) is 0 Å². The Balaban J connectivity index is 2.03. The molecule has 19 heavy (non-hydrogen) atoms. The third-order valence-electron chi connectivity index (χ3n) is 2.66. The molecule has 0 unspecified atom stereocenters. The van der Waals surface area contributed by atoms with Gasteiger partial charge in [-0.15, -0.1) is 0 Å². The molecule has 0 radical (unpaired) electrons. The summed E-state index contributed by atoms with van der Waals surface area (Å²) in [6.07, 6.45) is 5.04. The van der Waals surface area contributed by atoms with E-state index in [-0.39, 0.29) is 0 Å². The maximum Gasteiger partial charge on any atom is 0.213 e. The number of methoxy groups -OCH3 is 1. The lowest BCUT2D eigenvalue weighted by molar-refractivity contribution is 0.397. The maximum absolute atomic E-state index is 5.03. The van der Waals surface area contributed by atoms with Crippen LogP contribution < -0.4 is 4.74 Å². The fourth-order valence-corrected chi connectivity index (χ4v) is 1.76. The lowest BCUT2D eigenvalue weighted by atomic mass is 10.3. The normalized spacial score (nSPS) is 10.6. The summed E-state index contributed by atoms with van der Waals surface area (Å²) < 4.78 is 8.44. The van der Waals surface area contributed by atoms with Gasteiger partial charge >= 0.3 is 0 Å². The van der Waals surface area contributed by atoms with Gasteiger partial charge in [0, 0.05) is 19.3 Å². The molecule has 3 aromatic rings. The van der Waals surface area contributed by atoms with Gasteiger partial charge in [0.25, 0.3) is 0 Å². The molecule has 7 nitrogen and oxygen atoms in total. The maximum atomic E-state index is 5.03. The highest BCUT2D eigenvalue weighted by Gasteiger charge is 2.11. The minimum absolute atomic E-state index is 0.559. The second kappa shape index (κ2) is 4.52. The number of ether oxygens (including phenoxy) is 1. The second-order valence-electron chi connectivity index (χ2n) is 3.93. The molecule has 0 saturated carbocycles. The third kappa shape index (κ3) is 2.05. The molecule has 0 aliphatic heterocycles. The van der Waals surface area contributed by atoms with Crippen molar-refractivity contribution in [2.75, 3.05) is 7.11 Å². The van der Waals surface area contributed by atoms with Crippen molar-refractivity contribution in [1.82, 2.24) is 29.5 Å². The summed E-state index contributed by atoms with van der Waals surface area (Å²) in [5.41, 5.74) is 1.56. The highest BCUT2D eigenvalue weighted by Crippen LogP contribution is 2.18.